The van der Waals surface area contributed by atoms with Crippen LogP contribution in [0.1, 0.15) is 50.6 Å². The number of halogens is 2. The molecule has 0 aliphatic rings. The molecule has 3 aromatic rings. The number of nitrogens with one attached hydrogen (secondary N) is 1. The van der Waals surface area contributed by atoms with E-state index >= 15 is 0 Å². The molecule has 0 aliphatic heterocycles. The zero-order valence-corrected chi connectivity index (χ0v) is 18.6. The van der Waals surface area contributed by atoms with Crippen molar-refractivity contribution in [2.45, 2.75) is 45.6 Å². The molecule has 1 aromatic heterocycles. The number of benzene rings is 2. The van der Waals surface area contributed by atoms with E-state index in [0.717, 1.165) is 22.6 Å². The van der Waals surface area contributed by atoms with Crippen LogP contribution in [-0.2, 0) is 16.8 Å². The maximum absolute atomic E-state index is 12.7. The number of amides is 1. The van der Waals surface area contributed by atoms with Gasteiger partial charge in [-0.25, -0.2) is 4.68 Å². The van der Waals surface area contributed by atoms with Gasteiger partial charge >= 0.3 is 0 Å². The van der Waals surface area contributed by atoms with E-state index in [4.69, 9.17) is 28.3 Å². The molecule has 2 aromatic carbocycles. The Balaban J connectivity index is 1.84. The molecule has 0 saturated carbocycles. The highest BCUT2D eigenvalue weighted by Crippen LogP contribution is 2.25. The molecule has 1 N–H and O–H groups in total. The van der Waals surface area contributed by atoms with Crippen LogP contribution in [-0.4, -0.2) is 15.7 Å². The van der Waals surface area contributed by atoms with Crippen molar-refractivity contribution in [3.8, 4) is 5.69 Å². The van der Waals surface area contributed by atoms with E-state index in [1.165, 1.54) is 0 Å². The second-order valence-electron chi connectivity index (χ2n) is 8.16. The van der Waals surface area contributed by atoms with Crippen molar-refractivity contribution in [3.63, 3.8) is 0 Å². The lowest BCUT2D eigenvalue weighted by Crippen LogP contribution is -2.28. The van der Waals surface area contributed by atoms with Crippen LogP contribution in [0, 0.1) is 0 Å². The first-order valence-electron chi connectivity index (χ1n) is 9.53. The molecule has 152 valence electrons. The Hall–Kier alpha value is -2.30. The monoisotopic (exact) mass is 429 g/mol. The summed E-state index contributed by atoms with van der Waals surface area (Å²) in [7, 11) is 0. The van der Waals surface area contributed by atoms with Crippen LogP contribution in [0.25, 0.3) is 5.69 Å². The molecule has 3 rings (SSSR count). The van der Waals surface area contributed by atoms with Gasteiger partial charge in [0, 0.05) is 15.5 Å². The van der Waals surface area contributed by atoms with Crippen molar-refractivity contribution < 1.29 is 4.79 Å². The molecule has 4 nitrogen and oxygen atoms in total. The van der Waals surface area contributed by atoms with Gasteiger partial charge in [0.1, 0.15) is 0 Å². The summed E-state index contributed by atoms with van der Waals surface area (Å²) in [5.41, 5.74) is 3.47. The number of hydrogen-bond donors (Lipinski definition) is 1. The molecule has 0 radical (unpaired) electrons. The number of aromatic nitrogens is 2. The van der Waals surface area contributed by atoms with Crippen LogP contribution in [0.15, 0.2) is 54.6 Å². The Morgan fingerprint density at radius 3 is 2.34 bits per heavy atom. The fourth-order valence-electron chi connectivity index (χ4n) is 3.00. The SMILES string of the molecule is CC(C(=O)NCc1cc(C(C)(C)C)nn1-c1cccc(Cl)c1)c1cccc(Cl)c1. The fraction of sp³-hybridized carbons (Fsp3) is 0.304. The molecule has 1 heterocycles. The predicted octanol–water partition coefficient (Wildman–Crippen LogP) is 5.90. The van der Waals surface area contributed by atoms with Crippen molar-refractivity contribution in [1.82, 2.24) is 15.1 Å². The van der Waals surface area contributed by atoms with Gasteiger partial charge in [0.15, 0.2) is 0 Å². The lowest BCUT2D eigenvalue weighted by molar-refractivity contribution is -0.122. The van der Waals surface area contributed by atoms with Gasteiger partial charge in [-0.1, -0.05) is 62.2 Å². The molecule has 1 atom stereocenters. The second kappa shape index (κ2) is 8.60. The molecule has 0 spiro atoms. The molecule has 29 heavy (non-hydrogen) atoms. The predicted molar refractivity (Wildman–Crippen MR) is 119 cm³/mol. The summed E-state index contributed by atoms with van der Waals surface area (Å²) in [6, 6.07) is 16.9. The van der Waals surface area contributed by atoms with Gasteiger partial charge in [0.25, 0.3) is 0 Å². The molecule has 6 heteroatoms. The normalized spacial score (nSPS) is 12.6. The smallest absolute Gasteiger partial charge is 0.227 e. The molecule has 1 amide bonds. The summed E-state index contributed by atoms with van der Waals surface area (Å²) in [5, 5.41) is 9.07. The zero-order valence-electron chi connectivity index (χ0n) is 17.0. The van der Waals surface area contributed by atoms with Crippen molar-refractivity contribution in [3.05, 3.63) is 81.6 Å². The van der Waals surface area contributed by atoms with Crippen LogP contribution in [0.4, 0.5) is 0 Å². The summed E-state index contributed by atoms with van der Waals surface area (Å²) < 4.78 is 1.84. The zero-order chi connectivity index (χ0) is 21.2. The Morgan fingerprint density at radius 1 is 1.07 bits per heavy atom. The van der Waals surface area contributed by atoms with Gasteiger partial charge in [0.2, 0.25) is 5.91 Å². The quantitative estimate of drug-likeness (QED) is 0.548. The van der Waals surface area contributed by atoms with Gasteiger partial charge in [-0.3, -0.25) is 4.79 Å². The van der Waals surface area contributed by atoms with Crippen LogP contribution in [0.5, 0.6) is 0 Å². The number of hydrogen-bond acceptors (Lipinski definition) is 2. The van der Waals surface area contributed by atoms with Crippen LogP contribution in [0.3, 0.4) is 0 Å². The topological polar surface area (TPSA) is 46.9 Å². The standard InChI is InChI=1S/C23H25Cl2N3O/c1-15(16-7-5-8-17(24)11-16)22(29)26-14-20-13-21(23(2,3)4)27-28(20)19-10-6-9-18(25)12-19/h5-13,15H,14H2,1-4H3,(H,26,29). The first kappa shape index (κ1) is 21.4. The Morgan fingerprint density at radius 2 is 1.72 bits per heavy atom. The van der Waals surface area contributed by atoms with Crippen LogP contribution < -0.4 is 5.32 Å². The van der Waals surface area contributed by atoms with Crippen LogP contribution in [0.2, 0.25) is 10.0 Å². The highest BCUT2D eigenvalue weighted by Gasteiger charge is 2.22. The third kappa shape index (κ3) is 5.20. The van der Waals surface area contributed by atoms with E-state index < -0.39 is 0 Å². The van der Waals surface area contributed by atoms with Crippen molar-refractivity contribution in [2.75, 3.05) is 0 Å². The van der Waals surface area contributed by atoms with Gasteiger partial charge < -0.3 is 5.32 Å². The number of carbonyl (C=O) groups excluding carboxylic acids is 1. The van der Waals surface area contributed by atoms with Gasteiger partial charge in [0.05, 0.1) is 29.5 Å². The number of rotatable bonds is 5. The third-order valence-corrected chi connectivity index (χ3v) is 5.26. The Bertz CT molecular complexity index is 1020. The minimum Gasteiger partial charge on any atom is -0.350 e. The fourth-order valence-corrected chi connectivity index (χ4v) is 3.38. The molecule has 0 bridgehead atoms. The van der Waals surface area contributed by atoms with E-state index in [1.807, 2.05) is 60.1 Å². The summed E-state index contributed by atoms with van der Waals surface area (Å²) in [6.45, 7) is 8.57. The highest BCUT2D eigenvalue weighted by atomic mass is 35.5. The average molecular weight is 430 g/mol. The van der Waals surface area contributed by atoms with Crippen molar-refractivity contribution in [1.29, 1.82) is 0 Å². The number of carbonyl (C=O) groups is 1. The van der Waals surface area contributed by atoms with E-state index in [-0.39, 0.29) is 17.2 Å². The van der Waals surface area contributed by atoms with Crippen LogP contribution >= 0.6 is 23.2 Å². The van der Waals surface area contributed by atoms with E-state index in [2.05, 4.69) is 26.1 Å². The maximum Gasteiger partial charge on any atom is 0.227 e. The lowest BCUT2D eigenvalue weighted by atomic mass is 9.92. The summed E-state index contributed by atoms with van der Waals surface area (Å²) in [4.78, 5) is 12.7. The van der Waals surface area contributed by atoms with Crippen molar-refractivity contribution >= 4 is 29.1 Å². The molecule has 0 fully saturated rings. The first-order valence-corrected chi connectivity index (χ1v) is 10.3. The van der Waals surface area contributed by atoms with E-state index in [9.17, 15) is 4.79 Å². The molecular weight excluding hydrogens is 405 g/mol. The van der Waals surface area contributed by atoms with E-state index in [1.54, 1.807) is 6.07 Å². The van der Waals surface area contributed by atoms with Gasteiger partial charge in [-0.05, 0) is 48.9 Å². The first-order chi connectivity index (χ1) is 13.6. The Labute approximate surface area is 181 Å². The van der Waals surface area contributed by atoms with E-state index in [0.29, 0.717) is 16.6 Å². The molecule has 0 aliphatic carbocycles. The minimum absolute atomic E-state index is 0.0663. The number of nitrogens with zero attached hydrogens (tertiary/aromatic N) is 2. The molecular formula is C23H25Cl2N3O. The Kier molecular flexibility index (Phi) is 6.35. The van der Waals surface area contributed by atoms with Gasteiger partial charge in [-0.2, -0.15) is 5.10 Å². The molecule has 0 saturated heterocycles. The van der Waals surface area contributed by atoms with Crippen molar-refractivity contribution in [2.24, 2.45) is 0 Å². The maximum atomic E-state index is 12.7. The minimum atomic E-state index is -0.307. The largest absolute Gasteiger partial charge is 0.350 e. The summed E-state index contributed by atoms with van der Waals surface area (Å²) in [6.07, 6.45) is 0. The third-order valence-electron chi connectivity index (χ3n) is 4.79. The second-order valence-corrected chi connectivity index (χ2v) is 9.03. The average Bonchev–Trinajstić information content (AvgIpc) is 3.10. The summed E-state index contributed by atoms with van der Waals surface area (Å²) >= 11 is 12.2. The lowest BCUT2D eigenvalue weighted by Gasteiger charge is -2.14. The van der Waals surface area contributed by atoms with Gasteiger partial charge in [-0.15, -0.1) is 0 Å². The summed E-state index contributed by atoms with van der Waals surface area (Å²) in [5.74, 6) is -0.373. The highest BCUT2D eigenvalue weighted by molar-refractivity contribution is 6.31. The molecule has 1 unspecified atom stereocenters.